The highest BCUT2D eigenvalue weighted by Crippen LogP contribution is 2.00. The summed E-state index contributed by atoms with van der Waals surface area (Å²) in [6, 6.07) is 2.00. The molecule has 0 unspecified atom stereocenters. The first-order chi connectivity index (χ1) is 7.76. The lowest BCUT2D eigenvalue weighted by Crippen LogP contribution is -2.22. The van der Waals surface area contributed by atoms with Gasteiger partial charge in [-0.1, -0.05) is 0 Å². The third-order valence-electron chi connectivity index (χ3n) is 2.23. The molecule has 0 aromatic carbocycles. The second-order valence-corrected chi connectivity index (χ2v) is 3.53. The zero-order valence-electron chi connectivity index (χ0n) is 9.82. The van der Waals surface area contributed by atoms with Crippen LogP contribution in [0.25, 0.3) is 0 Å². The number of carbonyl (C=O) groups is 1. The van der Waals surface area contributed by atoms with Crippen molar-refractivity contribution in [2.75, 3.05) is 27.3 Å². The van der Waals surface area contributed by atoms with Crippen LogP contribution in [0.4, 0.5) is 0 Å². The molecular weight excluding hydrogens is 206 g/mol. The van der Waals surface area contributed by atoms with Crippen LogP contribution in [0.15, 0.2) is 18.5 Å². The van der Waals surface area contributed by atoms with Crippen LogP contribution in [0.1, 0.15) is 5.56 Å². The summed E-state index contributed by atoms with van der Waals surface area (Å²) in [5, 5.41) is 5.84. The van der Waals surface area contributed by atoms with Gasteiger partial charge in [-0.2, -0.15) is 0 Å². The van der Waals surface area contributed by atoms with Crippen LogP contribution in [0.5, 0.6) is 0 Å². The van der Waals surface area contributed by atoms with Gasteiger partial charge in [-0.3, -0.25) is 4.79 Å². The summed E-state index contributed by atoms with van der Waals surface area (Å²) in [4.78, 5) is 11.1. The largest absolute Gasteiger partial charge is 0.383 e. The minimum atomic E-state index is 0.00879. The minimum Gasteiger partial charge on any atom is -0.383 e. The van der Waals surface area contributed by atoms with Gasteiger partial charge >= 0.3 is 0 Å². The molecule has 90 valence electrons. The molecule has 0 saturated carbocycles. The highest BCUT2D eigenvalue weighted by atomic mass is 16.5. The maximum Gasteiger partial charge on any atom is 0.239 e. The van der Waals surface area contributed by atoms with E-state index in [4.69, 9.17) is 4.74 Å². The van der Waals surface area contributed by atoms with Crippen molar-refractivity contribution in [1.82, 2.24) is 15.2 Å². The number of nitrogens with one attached hydrogen (secondary N) is 2. The van der Waals surface area contributed by atoms with Gasteiger partial charge in [-0.25, -0.2) is 0 Å². The standard InChI is InChI=1S/C11H19N3O2/c1-12-11(15)9-14-5-3-10(8-14)7-13-4-6-16-2/h3,5,8,13H,4,6-7,9H2,1-2H3,(H,12,15). The third kappa shape index (κ3) is 4.46. The predicted molar refractivity (Wildman–Crippen MR) is 62.1 cm³/mol. The van der Waals surface area contributed by atoms with Crippen molar-refractivity contribution >= 4 is 5.91 Å². The zero-order valence-corrected chi connectivity index (χ0v) is 9.82. The Morgan fingerprint density at radius 1 is 1.56 bits per heavy atom. The van der Waals surface area contributed by atoms with Crippen LogP contribution in [-0.4, -0.2) is 37.8 Å². The van der Waals surface area contributed by atoms with Crippen LogP contribution < -0.4 is 10.6 Å². The Hall–Kier alpha value is -1.33. The first-order valence-electron chi connectivity index (χ1n) is 5.31. The van der Waals surface area contributed by atoms with Crippen LogP contribution in [0.3, 0.4) is 0 Å². The fourth-order valence-corrected chi connectivity index (χ4v) is 1.35. The van der Waals surface area contributed by atoms with Crippen molar-refractivity contribution < 1.29 is 9.53 Å². The lowest BCUT2D eigenvalue weighted by Gasteiger charge is -2.02. The highest BCUT2D eigenvalue weighted by molar-refractivity contribution is 5.75. The van der Waals surface area contributed by atoms with Crippen LogP contribution in [0.2, 0.25) is 0 Å². The molecule has 0 radical (unpaired) electrons. The van der Waals surface area contributed by atoms with Crippen molar-refractivity contribution in [3.8, 4) is 0 Å². The molecular formula is C11H19N3O2. The van der Waals surface area contributed by atoms with Gasteiger partial charge in [0.2, 0.25) is 5.91 Å². The number of methoxy groups -OCH3 is 1. The summed E-state index contributed by atoms with van der Waals surface area (Å²) in [6.07, 6.45) is 3.87. The van der Waals surface area contributed by atoms with Crippen LogP contribution in [0, 0.1) is 0 Å². The third-order valence-corrected chi connectivity index (χ3v) is 2.23. The molecule has 2 N–H and O–H groups in total. The predicted octanol–water partition coefficient (Wildman–Crippen LogP) is -0.0299. The second-order valence-electron chi connectivity index (χ2n) is 3.53. The Labute approximate surface area is 95.8 Å². The van der Waals surface area contributed by atoms with Gasteiger partial charge in [0.25, 0.3) is 0 Å². The quantitative estimate of drug-likeness (QED) is 0.641. The molecule has 0 aliphatic carbocycles. The number of carbonyl (C=O) groups excluding carboxylic acids is 1. The van der Waals surface area contributed by atoms with Crippen LogP contribution in [-0.2, 0) is 22.6 Å². The van der Waals surface area contributed by atoms with Crippen molar-refractivity contribution in [2.24, 2.45) is 0 Å². The number of likely N-dealkylation sites (N-methyl/N-ethyl adjacent to an activating group) is 1. The van der Waals surface area contributed by atoms with Crippen molar-refractivity contribution in [3.63, 3.8) is 0 Å². The van der Waals surface area contributed by atoms with E-state index >= 15 is 0 Å². The van der Waals surface area contributed by atoms with E-state index in [1.54, 1.807) is 14.2 Å². The molecule has 5 nitrogen and oxygen atoms in total. The lowest BCUT2D eigenvalue weighted by atomic mass is 10.3. The Bertz CT molecular complexity index is 323. The van der Waals surface area contributed by atoms with Crippen molar-refractivity contribution in [2.45, 2.75) is 13.1 Å². The van der Waals surface area contributed by atoms with E-state index in [9.17, 15) is 4.79 Å². The first kappa shape index (κ1) is 12.7. The molecule has 0 spiro atoms. The van der Waals surface area contributed by atoms with Gasteiger partial charge in [0.1, 0.15) is 6.54 Å². The summed E-state index contributed by atoms with van der Waals surface area (Å²) in [7, 11) is 3.32. The van der Waals surface area contributed by atoms with E-state index in [0.29, 0.717) is 13.2 Å². The minimum absolute atomic E-state index is 0.00879. The number of amides is 1. The van der Waals surface area contributed by atoms with E-state index in [-0.39, 0.29) is 5.91 Å². The monoisotopic (exact) mass is 225 g/mol. The molecule has 1 rings (SSSR count). The number of hydrogen-bond acceptors (Lipinski definition) is 3. The van der Waals surface area contributed by atoms with Crippen molar-refractivity contribution in [1.29, 1.82) is 0 Å². The number of hydrogen-bond donors (Lipinski definition) is 2. The van der Waals surface area contributed by atoms with Gasteiger partial charge in [0.05, 0.1) is 6.61 Å². The molecule has 0 aliphatic heterocycles. The Morgan fingerprint density at radius 3 is 3.06 bits per heavy atom. The normalized spacial score (nSPS) is 10.4. The van der Waals surface area contributed by atoms with Gasteiger partial charge in [-0.05, 0) is 11.6 Å². The molecule has 1 aromatic rings. The maximum absolute atomic E-state index is 11.1. The van der Waals surface area contributed by atoms with Gasteiger partial charge in [0, 0.05) is 39.6 Å². The smallest absolute Gasteiger partial charge is 0.239 e. The first-order valence-corrected chi connectivity index (χ1v) is 5.31. The zero-order chi connectivity index (χ0) is 11.8. The Kier molecular flexibility index (Phi) is 5.60. The highest BCUT2D eigenvalue weighted by Gasteiger charge is 2.00. The van der Waals surface area contributed by atoms with E-state index in [1.165, 1.54) is 5.56 Å². The molecule has 0 aliphatic rings. The summed E-state index contributed by atoms with van der Waals surface area (Å²) < 4.78 is 6.80. The fraction of sp³-hybridized carbons (Fsp3) is 0.545. The van der Waals surface area contributed by atoms with Gasteiger partial charge in [-0.15, -0.1) is 0 Å². The Morgan fingerprint density at radius 2 is 2.38 bits per heavy atom. The molecule has 5 heteroatoms. The van der Waals surface area contributed by atoms with E-state index in [2.05, 4.69) is 10.6 Å². The number of aromatic nitrogens is 1. The number of nitrogens with zero attached hydrogens (tertiary/aromatic N) is 1. The van der Waals surface area contributed by atoms with Crippen LogP contribution >= 0.6 is 0 Å². The maximum atomic E-state index is 11.1. The topological polar surface area (TPSA) is 55.3 Å². The molecule has 0 fully saturated rings. The second kappa shape index (κ2) is 7.03. The average molecular weight is 225 g/mol. The number of rotatable bonds is 7. The van der Waals surface area contributed by atoms with E-state index in [1.807, 2.05) is 23.0 Å². The molecule has 0 bridgehead atoms. The average Bonchev–Trinajstić information content (AvgIpc) is 2.72. The van der Waals surface area contributed by atoms with Crippen molar-refractivity contribution in [3.05, 3.63) is 24.0 Å². The lowest BCUT2D eigenvalue weighted by molar-refractivity contribution is -0.121. The molecule has 16 heavy (non-hydrogen) atoms. The summed E-state index contributed by atoms with van der Waals surface area (Å²) in [6.45, 7) is 2.70. The molecule has 0 atom stereocenters. The summed E-state index contributed by atoms with van der Waals surface area (Å²) in [5.74, 6) is 0.00879. The van der Waals surface area contributed by atoms with Gasteiger partial charge < -0.3 is 19.9 Å². The van der Waals surface area contributed by atoms with Gasteiger partial charge in [0.15, 0.2) is 0 Å². The number of ether oxygens (including phenoxy) is 1. The molecule has 1 heterocycles. The molecule has 0 saturated heterocycles. The summed E-state index contributed by atoms with van der Waals surface area (Å²) >= 11 is 0. The van der Waals surface area contributed by atoms with E-state index in [0.717, 1.165) is 13.1 Å². The fourth-order valence-electron chi connectivity index (χ4n) is 1.35. The summed E-state index contributed by atoms with van der Waals surface area (Å²) in [5.41, 5.74) is 1.17. The SMILES string of the molecule is CNC(=O)Cn1ccc(CNCCOC)c1. The molecule has 1 amide bonds. The Balaban J connectivity index is 2.30. The van der Waals surface area contributed by atoms with E-state index < -0.39 is 0 Å². The molecule has 1 aromatic heterocycles.